The topological polar surface area (TPSA) is 52.2 Å². The Hall–Kier alpha value is -0.560. The van der Waals surface area contributed by atoms with E-state index in [2.05, 4.69) is 12.2 Å². The molecule has 1 N–H and O–H groups in total. The van der Waals surface area contributed by atoms with Crippen molar-refractivity contribution in [2.75, 3.05) is 6.54 Å². The van der Waals surface area contributed by atoms with Gasteiger partial charge in [-0.3, -0.25) is 0 Å². The van der Waals surface area contributed by atoms with Gasteiger partial charge in [0.05, 0.1) is 17.6 Å². The van der Waals surface area contributed by atoms with Crippen molar-refractivity contribution in [3.63, 3.8) is 0 Å². The molecule has 3 nitrogen and oxygen atoms in total. The molecule has 24 heavy (non-hydrogen) atoms. The van der Waals surface area contributed by atoms with Crippen molar-refractivity contribution in [3.05, 3.63) is 35.4 Å². The number of hydrogen-bond acceptors (Lipinski definition) is 3. The van der Waals surface area contributed by atoms with Crippen molar-refractivity contribution in [2.45, 2.75) is 44.8 Å². The second kappa shape index (κ2) is 9.22. The van der Waals surface area contributed by atoms with Crippen molar-refractivity contribution >= 4 is 5.97 Å². The fourth-order valence-corrected chi connectivity index (χ4v) is 3.05. The third-order valence-corrected chi connectivity index (χ3v) is 4.53. The molecular weight excluding hydrogens is 330 g/mol. The zero-order chi connectivity index (χ0) is 17.0. The molecule has 0 bridgehead atoms. The number of nitrogens with one attached hydrogen (secondary N) is 1. The molecule has 0 radical (unpaired) electrons. The number of alkyl halides is 3. The number of carbonyl (C=O) groups excluding carboxylic acids is 1. The van der Waals surface area contributed by atoms with Crippen molar-refractivity contribution in [3.8, 4) is 0 Å². The van der Waals surface area contributed by atoms with Crippen LogP contribution in [0.1, 0.15) is 49.8 Å². The fraction of sp³-hybridized carbons (Fsp3) is 0.588. The molecule has 1 aliphatic rings. The van der Waals surface area contributed by atoms with Crippen LogP contribution in [0.15, 0.2) is 24.3 Å². The van der Waals surface area contributed by atoms with Crippen LogP contribution in [0, 0.1) is 11.8 Å². The molecule has 128 valence electrons. The Morgan fingerprint density at radius 1 is 1.29 bits per heavy atom. The molecule has 0 saturated heterocycles. The van der Waals surface area contributed by atoms with Crippen LogP contribution in [-0.4, -0.2) is 12.5 Å². The van der Waals surface area contributed by atoms with Gasteiger partial charge in [-0.05, 0) is 48.9 Å². The molecular formula is C17H21F3NNaO2. The maximum Gasteiger partial charge on any atom is 1.00 e. The van der Waals surface area contributed by atoms with Gasteiger partial charge in [0, 0.05) is 0 Å². The normalized spacial score (nSPS) is 22.5. The summed E-state index contributed by atoms with van der Waals surface area (Å²) in [5.74, 6) is -0.362. The summed E-state index contributed by atoms with van der Waals surface area (Å²) in [5, 5.41) is 14.2. The van der Waals surface area contributed by atoms with Crippen LogP contribution >= 0.6 is 0 Å². The van der Waals surface area contributed by atoms with Crippen LogP contribution in [0.5, 0.6) is 0 Å². The molecule has 0 heterocycles. The Bertz CT molecular complexity index is 543. The van der Waals surface area contributed by atoms with Crippen LogP contribution in [-0.2, 0) is 11.0 Å². The number of halogens is 3. The zero-order valence-corrected chi connectivity index (χ0v) is 16.0. The van der Waals surface area contributed by atoms with E-state index >= 15 is 0 Å². The van der Waals surface area contributed by atoms with Crippen molar-refractivity contribution in [1.82, 2.24) is 5.32 Å². The summed E-state index contributed by atoms with van der Waals surface area (Å²) >= 11 is 0. The van der Waals surface area contributed by atoms with Gasteiger partial charge < -0.3 is 15.2 Å². The van der Waals surface area contributed by atoms with E-state index in [0.717, 1.165) is 37.8 Å². The number of carboxylic acid groups (broad SMARTS) is 1. The Morgan fingerprint density at radius 3 is 2.46 bits per heavy atom. The summed E-state index contributed by atoms with van der Waals surface area (Å²) in [6.45, 7) is 2.66. The van der Waals surface area contributed by atoms with Gasteiger partial charge in [-0.15, -0.1) is 0 Å². The number of aliphatic carboxylic acids is 1. The van der Waals surface area contributed by atoms with Crippen molar-refractivity contribution in [2.24, 2.45) is 11.8 Å². The molecule has 1 unspecified atom stereocenters. The van der Waals surface area contributed by atoms with Crippen LogP contribution in [0.4, 0.5) is 13.2 Å². The summed E-state index contributed by atoms with van der Waals surface area (Å²) in [4.78, 5) is 11.3. The standard InChI is InChI=1S/C17H22F3NO2.Na/c1-11-5-7-12(8-6-11)10-21-15(16(22)23)13-3-2-4-14(9-13)17(18,19)20;/h2-4,9,11-12,15,21H,5-8,10H2,1H3,(H,22,23);/q;+1/p-1. The summed E-state index contributed by atoms with van der Waals surface area (Å²) in [7, 11) is 0. The second-order valence-electron chi connectivity index (χ2n) is 6.41. The van der Waals surface area contributed by atoms with E-state index in [4.69, 9.17) is 0 Å². The number of rotatable bonds is 5. The Balaban J connectivity index is 0.00000288. The summed E-state index contributed by atoms with van der Waals surface area (Å²) in [6.07, 6.45) is -0.267. The minimum Gasteiger partial charge on any atom is -0.548 e. The van der Waals surface area contributed by atoms with Crippen LogP contribution in [0.25, 0.3) is 0 Å². The predicted molar refractivity (Wildman–Crippen MR) is 78.3 cm³/mol. The van der Waals surface area contributed by atoms with E-state index in [1.807, 2.05) is 0 Å². The first-order valence-corrected chi connectivity index (χ1v) is 7.88. The third-order valence-electron chi connectivity index (χ3n) is 4.53. The molecule has 0 spiro atoms. The molecule has 1 atom stereocenters. The van der Waals surface area contributed by atoms with Crippen molar-refractivity contribution in [1.29, 1.82) is 0 Å². The van der Waals surface area contributed by atoms with Gasteiger partial charge in [0.1, 0.15) is 0 Å². The smallest absolute Gasteiger partial charge is 0.548 e. The minimum absolute atomic E-state index is 0. The van der Waals surface area contributed by atoms with Crippen LogP contribution in [0.3, 0.4) is 0 Å². The van der Waals surface area contributed by atoms with E-state index in [0.29, 0.717) is 18.4 Å². The molecule has 7 heteroatoms. The molecule has 0 aliphatic heterocycles. The van der Waals surface area contributed by atoms with E-state index in [9.17, 15) is 23.1 Å². The van der Waals surface area contributed by atoms with Gasteiger partial charge in [-0.2, -0.15) is 13.2 Å². The predicted octanol–water partition coefficient (Wildman–Crippen LogP) is -0.0837. The van der Waals surface area contributed by atoms with Crippen LogP contribution < -0.4 is 40.0 Å². The van der Waals surface area contributed by atoms with Gasteiger partial charge in [0.2, 0.25) is 0 Å². The number of benzene rings is 1. The molecule has 1 aliphatic carbocycles. The Morgan fingerprint density at radius 2 is 1.92 bits per heavy atom. The maximum atomic E-state index is 12.8. The fourth-order valence-electron chi connectivity index (χ4n) is 3.05. The van der Waals surface area contributed by atoms with E-state index in [1.54, 1.807) is 0 Å². The first-order chi connectivity index (χ1) is 10.8. The van der Waals surface area contributed by atoms with E-state index in [-0.39, 0.29) is 35.1 Å². The molecule has 1 aromatic carbocycles. The number of carboxylic acids is 1. The first kappa shape index (κ1) is 21.5. The van der Waals surface area contributed by atoms with Crippen LogP contribution in [0.2, 0.25) is 0 Å². The molecule has 1 fully saturated rings. The monoisotopic (exact) mass is 351 g/mol. The summed E-state index contributed by atoms with van der Waals surface area (Å²) in [5.41, 5.74) is -0.779. The zero-order valence-electron chi connectivity index (χ0n) is 14.0. The van der Waals surface area contributed by atoms with Gasteiger partial charge in [0.15, 0.2) is 0 Å². The van der Waals surface area contributed by atoms with Gasteiger partial charge in [-0.1, -0.05) is 31.9 Å². The van der Waals surface area contributed by atoms with Gasteiger partial charge >= 0.3 is 35.7 Å². The minimum atomic E-state index is -4.49. The average molecular weight is 351 g/mol. The van der Waals surface area contributed by atoms with Crippen molar-refractivity contribution < 1.29 is 52.6 Å². The second-order valence-corrected chi connectivity index (χ2v) is 6.41. The summed E-state index contributed by atoms with van der Waals surface area (Å²) in [6, 6.07) is 3.18. The van der Waals surface area contributed by atoms with Gasteiger partial charge in [0.25, 0.3) is 0 Å². The molecule has 1 saturated carbocycles. The molecule has 0 aromatic heterocycles. The molecule has 0 amide bonds. The molecule has 1 aromatic rings. The number of hydrogen-bond donors (Lipinski definition) is 1. The maximum absolute atomic E-state index is 12.8. The quantitative estimate of drug-likeness (QED) is 0.755. The average Bonchev–Trinajstić information content (AvgIpc) is 2.48. The van der Waals surface area contributed by atoms with Gasteiger partial charge in [-0.25, -0.2) is 0 Å². The van der Waals surface area contributed by atoms with E-state index < -0.39 is 23.8 Å². The SMILES string of the molecule is CC1CCC(CNC(C(=O)[O-])c2cccc(C(F)(F)F)c2)CC1.[Na+]. The Labute approximate surface area is 162 Å². The molecule has 2 rings (SSSR count). The third kappa shape index (κ3) is 6.06. The first-order valence-electron chi connectivity index (χ1n) is 7.88. The number of carbonyl (C=O) groups is 1. The largest absolute Gasteiger partial charge is 1.00 e. The summed E-state index contributed by atoms with van der Waals surface area (Å²) < 4.78 is 38.3. The Kier molecular flexibility index (Phi) is 8.26. The van der Waals surface area contributed by atoms with E-state index in [1.165, 1.54) is 12.1 Å².